The van der Waals surface area contributed by atoms with Gasteiger partial charge in [-0.1, -0.05) is 6.42 Å². The molecule has 23 heavy (non-hydrogen) atoms. The molecule has 124 valence electrons. The molecule has 2 atom stereocenters. The van der Waals surface area contributed by atoms with Gasteiger partial charge in [-0.3, -0.25) is 4.79 Å². The highest BCUT2D eigenvalue weighted by molar-refractivity contribution is 5.94. The van der Waals surface area contributed by atoms with Crippen LogP contribution in [0.4, 0.5) is 0 Å². The van der Waals surface area contributed by atoms with E-state index in [1.807, 2.05) is 0 Å². The van der Waals surface area contributed by atoms with Gasteiger partial charge in [-0.2, -0.15) is 0 Å². The van der Waals surface area contributed by atoms with E-state index in [-0.39, 0.29) is 23.5 Å². The molecule has 2 saturated carbocycles. The Morgan fingerprint density at radius 2 is 2.00 bits per heavy atom. The molecule has 2 aliphatic rings. The highest BCUT2D eigenvalue weighted by atomic mass is 16.5. The van der Waals surface area contributed by atoms with E-state index in [1.54, 1.807) is 31.4 Å². The van der Waals surface area contributed by atoms with Crippen molar-refractivity contribution < 1.29 is 24.2 Å². The molecule has 6 nitrogen and oxygen atoms in total. The van der Waals surface area contributed by atoms with Crippen LogP contribution >= 0.6 is 0 Å². The molecule has 0 aliphatic heterocycles. The monoisotopic (exact) mass is 319 g/mol. The number of ether oxygens (including phenoxy) is 2. The van der Waals surface area contributed by atoms with E-state index in [0.29, 0.717) is 11.3 Å². The number of rotatable bonds is 6. The molecule has 0 radical (unpaired) electrons. The van der Waals surface area contributed by atoms with Crippen LogP contribution in [0.15, 0.2) is 24.3 Å². The summed E-state index contributed by atoms with van der Waals surface area (Å²) in [7, 11) is 1.73. The molecule has 2 N–H and O–H groups in total. The number of amides is 1. The van der Waals surface area contributed by atoms with Gasteiger partial charge in [0.05, 0.1) is 6.10 Å². The molecule has 3 rings (SSSR count). The molecule has 6 heteroatoms. The molecule has 0 bridgehead atoms. The summed E-state index contributed by atoms with van der Waals surface area (Å²) in [4.78, 5) is 22.8. The maximum atomic E-state index is 12.4. The molecule has 0 saturated heterocycles. The average molecular weight is 319 g/mol. The molecule has 2 aliphatic carbocycles. The van der Waals surface area contributed by atoms with E-state index in [1.165, 1.54) is 6.42 Å². The minimum absolute atomic E-state index is 0.111. The van der Waals surface area contributed by atoms with Gasteiger partial charge in [-0.05, 0) is 43.5 Å². The Morgan fingerprint density at radius 3 is 2.52 bits per heavy atom. The zero-order valence-corrected chi connectivity index (χ0v) is 13.1. The largest absolute Gasteiger partial charge is 0.482 e. The summed E-state index contributed by atoms with van der Waals surface area (Å²) in [6.45, 7) is -0.394. The van der Waals surface area contributed by atoms with Crippen molar-refractivity contribution in [1.82, 2.24) is 5.32 Å². The molecule has 1 amide bonds. The second-order valence-corrected chi connectivity index (χ2v) is 6.28. The Hall–Kier alpha value is -2.08. The number of methoxy groups -OCH3 is 1. The van der Waals surface area contributed by atoms with Crippen LogP contribution in [0.5, 0.6) is 5.75 Å². The van der Waals surface area contributed by atoms with Gasteiger partial charge in [0.1, 0.15) is 5.75 Å². The van der Waals surface area contributed by atoms with Crippen LogP contribution in [0, 0.1) is 5.41 Å². The maximum Gasteiger partial charge on any atom is 0.341 e. The van der Waals surface area contributed by atoms with Crippen molar-refractivity contribution in [2.45, 2.75) is 37.8 Å². The summed E-state index contributed by atoms with van der Waals surface area (Å²) in [6.07, 6.45) is 4.54. The van der Waals surface area contributed by atoms with Gasteiger partial charge in [0.2, 0.25) is 0 Å². The van der Waals surface area contributed by atoms with Crippen molar-refractivity contribution in [2.24, 2.45) is 5.41 Å². The summed E-state index contributed by atoms with van der Waals surface area (Å²) in [5.41, 5.74) is 0.678. The molecular weight excluding hydrogens is 298 g/mol. The molecule has 1 aromatic rings. The number of carboxylic acids is 1. The lowest BCUT2D eigenvalue weighted by molar-refractivity contribution is -0.158. The van der Waals surface area contributed by atoms with Gasteiger partial charge < -0.3 is 19.9 Å². The van der Waals surface area contributed by atoms with Crippen molar-refractivity contribution in [3.63, 3.8) is 0 Å². The second-order valence-electron chi connectivity index (χ2n) is 6.28. The number of benzene rings is 1. The predicted octanol–water partition coefficient (Wildman–Crippen LogP) is 1.84. The van der Waals surface area contributed by atoms with Gasteiger partial charge in [0.25, 0.3) is 5.91 Å². The third-order valence-electron chi connectivity index (χ3n) is 5.14. The lowest BCUT2D eigenvalue weighted by Gasteiger charge is -2.60. The van der Waals surface area contributed by atoms with Crippen molar-refractivity contribution in [1.29, 1.82) is 0 Å². The Morgan fingerprint density at radius 1 is 1.30 bits per heavy atom. The average Bonchev–Trinajstić information content (AvgIpc) is 2.47. The number of carbonyl (C=O) groups is 2. The number of hydrogen-bond donors (Lipinski definition) is 2. The van der Waals surface area contributed by atoms with Crippen LogP contribution in [0.2, 0.25) is 0 Å². The van der Waals surface area contributed by atoms with E-state index in [2.05, 4.69) is 5.32 Å². The SMILES string of the molecule is COC1CC(NC(=O)c2ccc(OCC(=O)O)cc2)C12CCC2. The molecule has 2 unspecified atom stereocenters. The minimum Gasteiger partial charge on any atom is -0.482 e. The third-order valence-corrected chi connectivity index (χ3v) is 5.14. The summed E-state index contributed by atoms with van der Waals surface area (Å²) in [5, 5.41) is 11.7. The quantitative estimate of drug-likeness (QED) is 0.836. The first kappa shape index (κ1) is 15.8. The topological polar surface area (TPSA) is 84.9 Å². The van der Waals surface area contributed by atoms with E-state index < -0.39 is 12.6 Å². The van der Waals surface area contributed by atoms with E-state index in [0.717, 1.165) is 19.3 Å². The Labute approximate surface area is 134 Å². The molecule has 1 spiro atoms. The minimum atomic E-state index is -1.03. The Balaban J connectivity index is 1.57. The lowest BCUT2D eigenvalue weighted by Crippen LogP contribution is -2.67. The lowest BCUT2D eigenvalue weighted by atomic mass is 9.51. The third kappa shape index (κ3) is 2.91. The maximum absolute atomic E-state index is 12.4. The second kappa shape index (κ2) is 6.20. The zero-order chi connectivity index (χ0) is 16.4. The van der Waals surface area contributed by atoms with E-state index in [9.17, 15) is 9.59 Å². The van der Waals surface area contributed by atoms with Gasteiger partial charge in [-0.25, -0.2) is 4.79 Å². The standard InChI is InChI=1S/C17H21NO5/c1-22-14-9-13(17(14)7-2-8-17)18-16(21)11-3-5-12(6-4-11)23-10-15(19)20/h3-6,13-14H,2,7-10H2,1H3,(H,18,21)(H,19,20). The van der Waals surface area contributed by atoms with Crippen molar-refractivity contribution in [3.05, 3.63) is 29.8 Å². The normalized spacial score (nSPS) is 24.4. The smallest absolute Gasteiger partial charge is 0.341 e. The van der Waals surface area contributed by atoms with Gasteiger partial charge in [0.15, 0.2) is 6.61 Å². The number of aliphatic carboxylic acids is 1. The fourth-order valence-corrected chi connectivity index (χ4v) is 3.63. The fraction of sp³-hybridized carbons (Fsp3) is 0.529. The first-order chi connectivity index (χ1) is 11.0. The summed E-state index contributed by atoms with van der Waals surface area (Å²) >= 11 is 0. The van der Waals surface area contributed by atoms with Crippen molar-refractivity contribution in [3.8, 4) is 5.75 Å². The Bertz CT molecular complexity index is 594. The fourth-order valence-electron chi connectivity index (χ4n) is 3.63. The number of hydrogen-bond acceptors (Lipinski definition) is 4. The predicted molar refractivity (Wildman–Crippen MR) is 82.5 cm³/mol. The Kier molecular flexibility index (Phi) is 4.26. The van der Waals surface area contributed by atoms with E-state index in [4.69, 9.17) is 14.6 Å². The van der Waals surface area contributed by atoms with Crippen LogP contribution in [-0.4, -0.2) is 42.8 Å². The zero-order valence-electron chi connectivity index (χ0n) is 13.1. The van der Waals surface area contributed by atoms with E-state index >= 15 is 0 Å². The number of carbonyl (C=O) groups excluding carboxylic acids is 1. The van der Waals surface area contributed by atoms with Crippen molar-refractivity contribution >= 4 is 11.9 Å². The molecule has 0 aromatic heterocycles. The molecule has 1 aromatic carbocycles. The molecular formula is C17H21NO5. The van der Waals surface area contributed by atoms with Crippen LogP contribution in [0.25, 0.3) is 0 Å². The van der Waals surface area contributed by atoms with Crippen LogP contribution in [-0.2, 0) is 9.53 Å². The number of nitrogens with one attached hydrogen (secondary N) is 1. The first-order valence-corrected chi connectivity index (χ1v) is 7.83. The summed E-state index contributed by atoms with van der Waals surface area (Å²) in [5.74, 6) is -0.710. The number of carboxylic acid groups (broad SMARTS) is 1. The summed E-state index contributed by atoms with van der Waals surface area (Å²) < 4.78 is 10.6. The first-order valence-electron chi connectivity index (χ1n) is 7.83. The molecule has 0 heterocycles. The van der Waals surface area contributed by atoms with Crippen LogP contribution in [0.3, 0.4) is 0 Å². The van der Waals surface area contributed by atoms with Crippen molar-refractivity contribution in [2.75, 3.05) is 13.7 Å². The highest BCUT2D eigenvalue weighted by Crippen LogP contribution is 2.57. The van der Waals surface area contributed by atoms with Crippen LogP contribution in [0.1, 0.15) is 36.0 Å². The summed E-state index contributed by atoms with van der Waals surface area (Å²) in [6, 6.07) is 6.68. The van der Waals surface area contributed by atoms with Crippen LogP contribution < -0.4 is 10.1 Å². The van der Waals surface area contributed by atoms with Gasteiger partial charge in [-0.15, -0.1) is 0 Å². The molecule has 2 fully saturated rings. The van der Waals surface area contributed by atoms with Gasteiger partial charge in [0, 0.05) is 24.1 Å². The van der Waals surface area contributed by atoms with Gasteiger partial charge >= 0.3 is 5.97 Å². The highest BCUT2D eigenvalue weighted by Gasteiger charge is 2.59.